The molecule has 2 aliphatic rings. The first-order valence-corrected chi connectivity index (χ1v) is 8.25. The van der Waals surface area contributed by atoms with Gasteiger partial charge in [-0.25, -0.2) is 0 Å². The lowest BCUT2D eigenvalue weighted by molar-refractivity contribution is -0.132. The molecule has 0 aliphatic carbocycles. The summed E-state index contributed by atoms with van der Waals surface area (Å²) in [6, 6.07) is 9.03. The van der Waals surface area contributed by atoms with Crippen molar-refractivity contribution >= 4 is 23.4 Å². The highest BCUT2D eigenvalue weighted by molar-refractivity contribution is 5.96. The molecule has 3 amide bonds. The molecule has 0 bridgehead atoms. The molecule has 0 unspecified atom stereocenters. The van der Waals surface area contributed by atoms with Crippen molar-refractivity contribution in [2.24, 2.45) is 5.41 Å². The molecule has 3 rings (SSSR count). The summed E-state index contributed by atoms with van der Waals surface area (Å²) in [6.07, 6.45) is 1.19. The lowest BCUT2D eigenvalue weighted by atomic mass is 9.86. The van der Waals surface area contributed by atoms with E-state index in [2.05, 4.69) is 11.4 Å². The third kappa shape index (κ3) is 3.48. The number of nitrogens with zero attached hydrogens (tertiary/aromatic N) is 3. The molecule has 0 radical (unpaired) electrons. The molecule has 2 fully saturated rings. The third-order valence-corrected chi connectivity index (χ3v) is 4.91. The molecular weight excluding hydrogens is 320 g/mol. The number of hydrogen-bond acceptors (Lipinski definition) is 4. The zero-order valence-electron chi connectivity index (χ0n) is 14.1. The van der Waals surface area contributed by atoms with Crippen LogP contribution < -0.4 is 10.2 Å². The highest BCUT2D eigenvalue weighted by Gasteiger charge is 2.48. The second-order valence-electron chi connectivity index (χ2n) is 6.79. The van der Waals surface area contributed by atoms with Gasteiger partial charge in [0.1, 0.15) is 0 Å². The molecule has 0 aromatic heterocycles. The van der Waals surface area contributed by atoms with E-state index >= 15 is 0 Å². The molecule has 2 heterocycles. The lowest BCUT2D eigenvalue weighted by Gasteiger charge is -2.24. The average Bonchev–Trinajstić information content (AvgIpc) is 3.16. The van der Waals surface area contributed by atoms with E-state index in [1.165, 1.54) is 6.92 Å². The van der Waals surface area contributed by atoms with Crippen LogP contribution in [-0.4, -0.2) is 48.8 Å². The smallest absolute Gasteiger partial charge is 0.241 e. The molecule has 1 aromatic carbocycles. The SMILES string of the molecule is CC(=O)NCC(=O)N1CC[C@]2(CC(=O)N(c3ccc(C#N)cc3)C2)C1. The summed E-state index contributed by atoms with van der Waals surface area (Å²) in [7, 11) is 0. The van der Waals surface area contributed by atoms with Crippen LogP contribution in [0, 0.1) is 16.7 Å². The van der Waals surface area contributed by atoms with Gasteiger partial charge in [-0.15, -0.1) is 0 Å². The quantitative estimate of drug-likeness (QED) is 0.874. The molecule has 7 nitrogen and oxygen atoms in total. The highest BCUT2D eigenvalue weighted by Crippen LogP contribution is 2.41. The summed E-state index contributed by atoms with van der Waals surface area (Å²) >= 11 is 0. The Morgan fingerprint density at radius 2 is 2.00 bits per heavy atom. The summed E-state index contributed by atoms with van der Waals surface area (Å²) in [5.41, 5.74) is 1.11. The molecule has 7 heteroatoms. The number of benzene rings is 1. The van der Waals surface area contributed by atoms with Gasteiger partial charge in [-0.3, -0.25) is 14.4 Å². The van der Waals surface area contributed by atoms with Crippen molar-refractivity contribution in [2.75, 3.05) is 31.1 Å². The van der Waals surface area contributed by atoms with Gasteiger partial charge in [0.25, 0.3) is 0 Å². The van der Waals surface area contributed by atoms with E-state index < -0.39 is 0 Å². The second kappa shape index (κ2) is 6.55. The van der Waals surface area contributed by atoms with Gasteiger partial charge in [0.15, 0.2) is 0 Å². The zero-order valence-corrected chi connectivity index (χ0v) is 14.1. The fraction of sp³-hybridized carbons (Fsp3) is 0.444. The summed E-state index contributed by atoms with van der Waals surface area (Å²) in [6.45, 7) is 3.08. The number of nitriles is 1. The van der Waals surface area contributed by atoms with Crippen molar-refractivity contribution in [3.63, 3.8) is 0 Å². The first-order chi connectivity index (χ1) is 11.9. The predicted octanol–water partition coefficient (Wildman–Crippen LogP) is 0.650. The number of nitrogens with one attached hydrogen (secondary N) is 1. The van der Waals surface area contributed by atoms with Gasteiger partial charge in [-0.05, 0) is 30.7 Å². The van der Waals surface area contributed by atoms with Crippen molar-refractivity contribution < 1.29 is 14.4 Å². The maximum Gasteiger partial charge on any atom is 0.241 e. The van der Waals surface area contributed by atoms with Crippen LogP contribution in [0.15, 0.2) is 24.3 Å². The Labute approximate surface area is 146 Å². The van der Waals surface area contributed by atoms with Gasteiger partial charge in [0, 0.05) is 44.1 Å². The van der Waals surface area contributed by atoms with Crippen molar-refractivity contribution in [3.8, 4) is 6.07 Å². The van der Waals surface area contributed by atoms with Crippen LogP contribution in [0.3, 0.4) is 0 Å². The molecule has 2 aliphatic heterocycles. The first-order valence-electron chi connectivity index (χ1n) is 8.25. The van der Waals surface area contributed by atoms with E-state index in [1.807, 2.05) is 0 Å². The van der Waals surface area contributed by atoms with Crippen LogP contribution in [0.5, 0.6) is 0 Å². The van der Waals surface area contributed by atoms with E-state index in [1.54, 1.807) is 34.1 Å². The van der Waals surface area contributed by atoms with E-state index in [-0.39, 0.29) is 29.7 Å². The number of anilines is 1. The Balaban J connectivity index is 1.66. The van der Waals surface area contributed by atoms with Crippen LogP contribution >= 0.6 is 0 Å². The Kier molecular flexibility index (Phi) is 4.45. The topological polar surface area (TPSA) is 93.5 Å². The number of carbonyl (C=O) groups is 3. The largest absolute Gasteiger partial charge is 0.347 e. The van der Waals surface area contributed by atoms with E-state index in [9.17, 15) is 14.4 Å². The van der Waals surface area contributed by atoms with Crippen molar-refractivity contribution in [1.29, 1.82) is 5.26 Å². The Morgan fingerprint density at radius 1 is 1.28 bits per heavy atom. The van der Waals surface area contributed by atoms with E-state index in [4.69, 9.17) is 5.26 Å². The van der Waals surface area contributed by atoms with Gasteiger partial charge in [-0.2, -0.15) is 5.26 Å². The van der Waals surface area contributed by atoms with Crippen LogP contribution in [0.4, 0.5) is 5.69 Å². The fourth-order valence-electron chi connectivity index (χ4n) is 3.58. The van der Waals surface area contributed by atoms with Gasteiger partial charge in [-0.1, -0.05) is 0 Å². The van der Waals surface area contributed by atoms with Crippen LogP contribution in [0.2, 0.25) is 0 Å². The van der Waals surface area contributed by atoms with Gasteiger partial charge in [0.2, 0.25) is 17.7 Å². The number of rotatable bonds is 3. The standard InChI is InChI=1S/C18H20N4O3/c1-13(23)20-10-17(25)21-7-6-18(11-21)8-16(24)22(12-18)15-4-2-14(9-19)3-5-15/h2-5H,6-8,10-12H2,1H3,(H,20,23)/t18-/m0/s1. The maximum atomic E-state index is 12.5. The van der Waals surface area contributed by atoms with Crippen molar-refractivity contribution in [1.82, 2.24) is 10.2 Å². The highest BCUT2D eigenvalue weighted by atomic mass is 16.2. The first kappa shape index (κ1) is 17.0. The maximum absolute atomic E-state index is 12.5. The normalized spacial score (nSPS) is 22.3. The van der Waals surface area contributed by atoms with Gasteiger partial charge >= 0.3 is 0 Å². The molecule has 2 saturated heterocycles. The Morgan fingerprint density at radius 3 is 2.64 bits per heavy atom. The molecule has 1 aromatic rings. The molecule has 25 heavy (non-hydrogen) atoms. The Hall–Kier alpha value is -2.88. The zero-order chi connectivity index (χ0) is 18.0. The molecule has 0 saturated carbocycles. The molecule has 1 atom stereocenters. The molecule has 130 valence electrons. The van der Waals surface area contributed by atoms with Crippen molar-refractivity contribution in [2.45, 2.75) is 19.8 Å². The number of likely N-dealkylation sites (tertiary alicyclic amines) is 1. The van der Waals surface area contributed by atoms with E-state index in [0.717, 1.165) is 12.1 Å². The minimum atomic E-state index is -0.231. The summed E-state index contributed by atoms with van der Waals surface area (Å²) in [4.78, 5) is 39.1. The third-order valence-electron chi connectivity index (χ3n) is 4.91. The molecular formula is C18H20N4O3. The van der Waals surface area contributed by atoms with Crippen LogP contribution in [0.1, 0.15) is 25.3 Å². The fourth-order valence-corrected chi connectivity index (χ4v) is 3.58. The van der Waals surface area contributed by atoms with E-state index in [0.29, 0.717) is 31.6 Å². The summed E-state index contributed by atoms with van der Waals surface area (Å²) in [5, 5.41) is 11.4. The predicted molar refractivity (Wildman–Crippen MR) is 90.4 cm³/mol. The summed E-state index contributed by atoms with van der Waals surface area (Å²) < 4.78 is 0. The molecule has 1 spiro atoms. The van der Waals surface area contributed by atoms with Gasteiger partial charge < -0.3 is 15.1 Å². The second-order valence-corrected chi connectivity index (χ2v) is 6.79. The number of carbonyl (C=O) groups excluding carboxylic acids is 3. The number of amides is 3. The molecule has 1 N–H and O–H groups in total. The number of hydrogen-bond donors (Lipinski definition) is 1. The average molecular weight is 340 g/mol. The summed E-state index contributed by atoms with van der Waals surface area (Å²) in [5.74, 6) is -0.303. The monoisotopic (exact) mass is 340 g/mol. The lowest BCUT2D eigenvalue weighted by Crippen LogP contribution is -2.40. The minimum absolute atomic E-state index is 0.00129. The van der Waals surface area contributed by atoms with Gasteiger partial charge in [0.05, 0.1) is 18.2 Å². The van der Waals surface area contributed by atoms with Crippen LogP contribution in [-0.2, 0) is 14.4 Å². The van der Waals surface area contributed by atoms with Crippen LogP contribution in [0.25, 0.3) is 0 Å². The van der Waals surface area contributed by atoms with Crippen molar-refractivity contribution in [3.05, 3.63) is 29.8 Å². The minimum Gasteiger partial charge on any atom is -0.347 e. The Bertz CT molecular complexity index is 753.